The molecule has 3 aromatic heterocycles. The summed E-state index contributed by atoms with van der Waals surface area (Å²) in [6, 6.07) is 3.70. The number of hydrogen-bond acceptors (Lipinski definition) is 7. The minimum absolute atomic E-state index is 0.132. The Kier molecular flexibility index (Phi) is 5.93. The van der Waals surface area contributed by atoms with Gasteiger partial charge < -0.3 is 14.3 Å². The lowest BCUT2D eigenvalue weighted by Gasteiger charge is -2.06. The lowest BCUT2D eigenvalue weighted by Crippen LogP contribution is -2.13. The molecule has 0 aliphatic heterocycles. The van der Waals surface area contributed by atoms with E-state index in [-0.39, 0.29) is 18.1 Å². The Labute approximate surface area is 166 Å². The average Bonchev–Trinajstić information content (AvgIpc) is 3.19. The second kappa shape index (κ2) is 8.39. The first-order valence-corrected chi connectivity index (χ1v) is 9.74. The first kappa shape index (κ1) is 19.8. The van der Waals surface area contributed by atoms with E-state index < -0.39 is 5.97 Å². The summed E-state index contributed by atoms with van der Waals surface area (Å²) >= 11 is 1.28. The van der Waals surface area contributed by atoms with Gasteiger partial charge in [-0.05, 0) is 32.9 Å². The lowest BCUT2D eigenvalue weighted by molar-refractivity contribution is 0.0522. The quantitative estimate of drug-likeness (QED) is 0.370. The maximum absolute atomic E-state index is 12.9. The number of carbonyl (C=O) groups excluding carboxylic acids is 2. The molecule has 3 aromatic rings. The summed E-state index contributed by atoms with van der Waals surface area (Å²) in [4.78, 5) is 32.2. The average molecular weight is 399 g/mol. The van der Waals surface area contributed by atoms with Crippen LogP contribution in [0.5, 0.6) is 0 Å². The number of aromatic amines is 1. The van der Waals surface area contributed by atoms with Crippen molar-refractivity contribution in [1.82, 2.24) is 24.7 Å². The number of ether oxygens (including phenoxy) is 1. The van der Waals surface area contributed by atoms with E-state index in [2.05, 4.69) is 20.2 Å². The molecule has 8 nitrogen and oxygen atoms in total. The third-order valence-corrected chi connectivity index (χ3v) is 5.26. The van der Waals surface area contributed by atoms with Gasteiger partial charge in [0.15, 0.2) is 16.8 Å². The van der Waals surface area contributed by atoms with Gasteiger partial charge in [0.1, 0.15) is 0 Å². The zero-order chi connectivity index (χ0) is 20.3. The molecule has 0 saturated carbocycles. The molecule has 0 aliphatic carbocycles. The fraction of sp³-hybridized carbons (Fsp3) is 0.316. The monoisotopic (exact) mass is 399 g/mol. The Hall–Kier alpha value is -2.94. The third kappa shape index (κ3) is 3.84. The zero-order valence-electron chi connectivity index (χ0n) is 16.1. The molecule has 0 spiro atoms. The van der Waals surface area contributed by atoms with E-state index in [1.807, 2.05) is 23.7 Å². The number of nitrogens with one attached hydrogen (secondary N) is 1. The normalized spacial score (nSPS) is 10.9. The van der Waals surface area contributed by atoms with Crippen LogP contribution in [-0.2, 0) is 11.8 Å². The van der Waals surface area contributed by atoms with Gasteiger partial charge in [-0.15, -0.1) is 10.2 Å². The molecule has 146 valence electrons. The van der Waals surface area contributed by atoms with Crippen LogP contribution in [0.3, 0.4) is 0 Å². The number of aryl methyl sites for hydroxylation is 2. The van der Waals surface area contributed by atoms with Gasteiger partial charge in [-0.1, -0.05) is 11.8 Å². The topological polar surface area (TPSA) is 103 Å². The molecular formula is C19H21N5O3S. The van der Waals surface area contributed by atoms with E-state index in [4.69, 9.17) is 4.74 Å². The molecule has 0 aromatic carbocycles. The van der Waals surface area contributed by atoms with Crippen molar-refractivity contribution in [2.24, 2.45) is 7.05 Å². The van der Waals surface area contributed by atoms with E-state index in [0.717, 1.165) is 5.56 Å². The van der Waals surface area contributed by atoms with Crippen molar-refractivity contribution < 1.29 is 14.3 Å². The van der Waals surface area contributed by atoms with Crippen molar-refractivity contribution in [1.29, 1.82) is 0 Å². The molecule has 0 fully saturated rings. The van der Waals surface area contributed by atoms with Crippen molar-refractivity contribution in [3.8, 4) is 11.4 Å². The highest BCUT2D eigenvalue weighted by Crippen LogP contribution is 2.25. The number of hydrogen-bond donors (Lipinski definition) is 1. The second-order valence-corrected chi connectivity index (χ2v) is 7.10. The highest BCUT2D eigenvalue weighted by Gasteiger charge is 2.25. The number of pyridine rings is 1. The van der Waals surface area contributed by atoms with Crippen LogP contribution in [0, 0.1) is 13.8 Å². The Morgan fingerprint density at radius 3 is 2.50 bits per heavy atom. The molecule has 9 heteroatoms. The minimum Gasteiger partial charge on any atom is -0.462 e. The number of ketones is 1. The predicted octanol–water partition coefficient (Wildman–Crippen LogP) is 2.97. The summed E-state index contributed by atoms with van der Waals surface area (Å²) in [5, 5.41) is 8.99. The van der Waals surface area contributed by atoms with Crippen molar-refractivity contribution >= 4 is 23.5 Å². The number of H-pyrrole nitrogens is 1. The maximum atomic E-state index is 12.9. The van der Waals surface area contributed by atoms with Crippen LogP contribution in [0.1, 0.15) is 39.0 Å². The fourth-order valence-corrected chi connectivity index (χ4v) is 3.77. The van der Waals surface area contributed by atoms with Gasteiger partial charge in [0, 0.05) is 36.4 Å². The highest BCUT2D eigenvalue weighted by molar-refractivity contribution is 7.99. The number of Topliss-reactive ketones (excluding diaryl/α,β-unsaturated/α-hetero) is 1. The van der Waals surface area contributed by atoms with E-state index in [0.29, 0.717) is 33.5 Å². The Bertz CT molecular complexity index is 1010. The van der Waals surface area contributed by atoms with Crippen LogP contribution in [-0.4, -0.2) is 48.8 Å². The summed E-state index contributed by atoms with van der Waals surface area (Å²) in [7, 11) is 1.85. The van der Waals surface area contributed by atoms with Crippen molar-refractivity contribution in [2.45, 2.75) is 25.9 Å². The van der Waals surface area contributed by atoms with Gasteiger partial charge >= 0.3 is 5.97 Å². The summed E-state index contributed by atoms with van der Waals surface area (Å²) < 4.78 is 6.93. The Balaban J connectivity index is 1.79. The Morgan fingerprint density at radius 2 is 1.82 bits per heavy atom. The molecule has 0 unspecified atom stereocenters. The maximum Gasteiger partial charge on any atom is 0.340 e. The van der Waals surface area contributed by atoms with Crippen LogP contribution in [0.2, 0.25) is 0 Å². The fourth-order valence-electron chi connectivity index (χ4n) is 2.98. The largest absolute Gasteiger partial charge is 0.462 e. The van der Waals surface area contributed by atoms with E-state index in [9.17, 15) is 9.59 Å². The van der Waals surface area contributed by atoms with Crippen molar-refractivity contribution in [3.05, 3.63) is 47.0 Å². The van der Waals surface area contributed by atoms with Crippen LogP contribution in [0.4, 0.5) is 0 Å². The second-order valence-electron chi connectivity index (χ2n) is 6.16. The first-order valence-electron chi connectivity index (χ1n) is 8.76. The van der Waals surface area contributed by atoms with Gasteiger partial charge in [-0.2, -0.15) is 0 Å². The SMILES string of the molecule is CCOC(=O)c1c(C)[nH]c(C)c1C(=O)CSc1nnc(-c2ccncc2)n1C. The van der Waals surface area contributed by atoms with Crippen LogP contribution >= 0.6 is 11.8 Å². The van der Waals surface area contributed by atoms with Crippen LogP contribution < -0.4 is 0 Å². The molecule has 3 heterocycles. The van der Waals surface area contributed by atoms with Crippen molar-refractivity contribution in [3.63, 3.8) is 0 Å². The lowest BCUT2D eigenvalue weighted by atomic mass is 10.1. The minimum atomic E-state index is -0.490. The predicted molar refractivity (Wildman–Crippen MR) is 106 cm³/mol. The van der Waals surface area contributed by atoms with Gasteiger partial charge in [0.2, 0.25) is 0 Å². The molecule has 28 heavy (non-hydrogen) atoms. The van der Waals surface area contributed by atoms with Crippen molar-refractivity contribution in [2.75, 3.05) is 12.4 Å². The van der Waals surface area contributed by atoms with Crippen LogP contribution in [0.25, 0.3) is 11.4 Å². The number of thioether (sulfide) groups is 1. The molecule has 1 N–H and O–H groups in total. The van der Waals surface area contributed by atoms with Gasteiger partial charge in [0.25, 0.3) is 0 Å². The van der Waals surface area contributed by atoms with Crippen LogP contribution in [0.15, 0.2) is 29.7 Å². The molecule has 0 bridgehead atoms. The summed E-state index contributed by atoms with van der Waals surface area (Å²) in [5.74, 6) is 0.172. The van der Waals surface area contributed by atoms with E-state index >= 15 is 0 Å². The number of esters is 1. The highest BCUT2D eigenvalue weighted by atomic mass is 32.2. The number of nitrogens with zero attached hydrogens (tertiary/aromatic N) is 4. The molecule has 0 saturated heterocycles. The molecule has 0 atom stereocenters. The summed E-state index contributed by atoms with van der Waals surface area (Å²) in [6.07, 6.45) is 3.38. The molecule has 0 aliphatic rings. The van der Waals surface area contributed by atoms with Gasteiger partial charge in [-0.25, -0.2) is 4.79 Å². The zero-order valence-corrected chi connectivity index (χ0v) is 17.0. The number of carbonyl (C=O) groups is 2. The molecule has 0 radical (unpaired) electrons. The first-order chi connectivity index (χ1) is 13.4. The molecule has 3 rings (SSSR count). The number of rotatable bonds is 7. The van der Waals surface area contributed by atoms with E-state index in [1.54, 1.807) is 33.2 Å². The smallest absolute Gasteiger partial charge is 0.340 e. The summed E-state index contributed by atoms with van der Waals surface area (Å²) in [5.41, 5.74) is 2.86. The Morgan fingerprint density at radius 1 is 1.14 bits per heavy atom. The van der Waals surface area contributed by atoms with Gasteiger partial charge in [-0.3, -0.25) is 9.78 Å². The molecular weight excluding hydrogens is 378 g/mol. The van der Waals surface area contributed by atoms with Gasteiger partial charge in [0.05, 0.1) is 23.5 Å². The number of aromatic nitrogens is 5. The van der Waals surface area contributed by atoms with E-state index in [1.165, 1.54) is 11.8 Å². The molecule has 0 amide bonds. The standard InChI is InChI=1S/C19H21N5O3S/c1-5-27-18(26)16-12(3)21-11(2)15(16)14(25)10-28-19-23-22-17(24(19)4)13-6-8-20-9-7-13/h6-9,21H,5,10H2,1-4H3. The third-order valence-electron chi connectivity index (χ3n) is 4.24. The summed E-state index contributed by atoms with van der Waals surface area (Å²) in [6.45, 7) is 5.52.